The van der Waals surface area contributed by atoms with Gasteiger partial charge >= 0.3 is 0 Å². The number of halogens is 8. The zero-order chi connectivity index (χ0) is 95.3. The maximum Gasteiger partial charge on any atom is 0.271 e. The Morgan fingerprint density at radius 3 is 1.16 bits per heavy atom. The Morgan fingerprint density at radius 1 is 0.430 bits per heavy atom. The third-order valence-electron chi connectivity index (χ3n) is 18.3. The Balaban J connectivity index is 0.000000211. The Bertz CT molecular complexity index is 5860. The lowest BCUT2D eigenvalue weighted by molar-refractivity contribution is -0.428. The third-order valence-corrected chi connectivity index (χ3v) is 21.6. The van der Waals surface area contributed by atoms with Crippen LogP contribution in [-0.2, 0) is 42.8 Å². The van der Waals surface area contributed by atoms with Crippen LogP contribution in [0.5, 0.6) is 0 Å². The predicted molar refractivity (Wildman–Crippen MR) is 491 cm³/mol. The number of alkyl halides is 2. The molecule has 2 aliphatic carbocycles. The van der Waals surface area contributed by atoms with Gasteiger partial charge in [0.05, 0.1) is 90.4 Å². The molecule has 4 aromatic carbocycles. The molecule has 0 saturated carbocycles. The fraction of sp³-hybridized carbons (Fsp3) is 0.282. The highest BCUT2D eigenvalue weighted by Crippen LogP contribution is 2.36. The van der Waals surface area contributed by atoms with E-state index in [0.29, 0.717) is 57.1 Å². The first-order valence-electron chi connectivity index (χ1n) is 37.8. The Hall–Kier alpha value is -13.4. The molecule has 0 saturated heterocycles. The summed E-state index contributed by atoms with van der Waals surface area (Å²) in [4.78, 5) is 120. The standard InChI is InChI=1S/2C17H22Cl2N4O.2C11H10ClN5O3.2C11H12ClN5O3/c1-17(2,3)14-13(19)15(23(20)22-14)21-16(24)12(10-18)9-11-7-5-4-6-8-11;1-17(2,3)14-13(19)15(20)23(21-14)22-16(24)12(10-18)9-11-7-5-4-6-8-11;1-6-9(12)10(16(13)15-6)14-11(18)7-2-4-8(5-3-7)17(19)20;1-6-9(12)10(13)16(14-6)15-11(18)7-2-4-8(5-3-7)17(19)20;1-6-9(12)10(16(13)15-6)14-11(18)7-3-2-4-8(5-7)17(19)20;1-6-9(12)10(13)16(14-6)15-11(18)7-3-2-4-8(5-7)17(19)20/h4-8,12H,9-10,20H2,1-3H3,(H,21,24);4-8,12H,9-10,20H2,1-3H3,(H,22,24);2-5H,13H2,1H3,(H,14,18);2-5H,13H2,1H3,(H,15,18);2-4,7H,5,13H2,1H3,(H,14,18);2-4,7H,5,13H2,1H3,(H,15,18). The van der Waals surface area contributed by atoms with Crippen LogP contribution in [0.1, 0.15) is 120 Å². The van der Waals surface area contributed by atoms with E-state index in [4.69, 9.17) is 128 Å². The normalized spacial score (nSPS) is 13.6. The van der Waals surface area contributed by atoms with Crippen LogP contribution in [0.3, 0.4) is 0 Å². The molecule has 6 heterocycles. The number of aryl methyl sites for hydroxylation is 4. The zero-order valence-corrected chi connectivity index (χ0v) is 75.8. The van der Waals surface area contributed by atoms with Crippen LogP contribution in [0.2, 0.25) is 30.1 Å². The minimum absolute atomic E-state index is 0.0171. The lowest BCUT2D eigenvalue weighted by Crippen LogP contribution is -2.33. The molecule has 6 aromatic heterocycles. The van der Waals surface area contributed by atoms with Crippen molar-refractivity contribution in [2.75, 3.05) is 78.7 Å². The summed E-state index contributed by atoms with van der Waals surface area (Å²) >= 11 is 48.2. The molecule has 0 fully saturated rings. The maximum absolute atomic E-state index is 12.6. The smallest absolute Gasteiger partial charge is 0.271 e. The van der Waals surface area contributed by atoms with Crippen LogP contribution in [-0.4, -0.2) is 126 Å². The van der Waals surface area contributed by atoms with E-state index < -0.39 is 67.0 Å². The largest absolute Gasteiger partial charge is 0.381 e. The monoisotopic (exact) mass is 1920 g/mol. The van der Waals surface area contributed by atoms with Gasteiger partial charge in [-0.05, 0) is 75.9 Å². The minimum atomic E-state index is -0.650. The number of hydrogen-bond acceptors (Lipinski definition) is 26. The van der Waals surface area contributed by atoms with Gasteiger partial charge in [-0.3, -0.25) is 69.2 Å². The van der Waals surface area contributed by atoms with E-state index in [1.165, 1.54) is 77.6 Å². The van der Waals surface area contributed by atoms with Crippen molar-refractivity contribution in [3.63, 3.8) is 0 Å². The van der Waals surface area contributed by atoms with Gasteiger partial charge in [0.2, 0.25) is 35.0 Å². The fourth-order valence-corrected chi connectivity index (χ4v) is 13.2. The average molecular weight is 1930 g/mol. The molecule has 12 rings (SSSR count). The number of nitrogens with two attached hydrogens (primary N) is 6. The quantitative estimate of drug-likeness (QED) is 0.0130. The number of nitro benzene ring substituents is 2. The molecule has 0 bridgehead atoms. The molecule has 10 aromatic rings. The number of nitrogens with zero attached hydrogens (tertiary/aromatic N) is 16. The number of amides is 6. The number of carbonyl (C=O) groups is 6. The summed E-state index contributed by atoms with van der Waals surface area (Å²) in [5, 5.41) is 76.1. The number of aromatic nitrogens is 12. The van der Waals surface area contributed by atoms with Crippen molar-refractivity contribution in [1.29, 1.82) is 0 Å². The van der Waals surface area contributed by atoms with Crippen molar-refractivity contribution in [2.45, 2.75) is 106 Å². The predicted octanol–water partition coefficient (Wildman–Crippen LogP) is 13.1. The van der Waals surface area contributed by atoms with Crippen molar-refractivity contribution >= 4 is 175 Å². The number of benzene rings is 4. The number of nitrogen functional groups attached to an aromatic ring is 6. The van der Waals surface area contributed by atoms with Crippen molar-refractivity contribution in [3.05, 3.63) is 284 Å². The van der Waals surface area contributed by atoms with E-state index in [1.54, 1.807) is 39.8 Å². The molecule has 6 amide bonds. The molecule has 42 nitrogen and oxygen atoms in total. The number of nitrogens with one attached hydrogen (secondary N) is 6. The number of nitro groups is 4. The first kappa shape index (κ1) is 102. The number of anilines is 6. The van der Waals surface area contributed by atoms with Gasteiger partial charge in [0.15, 0.2) is 34.9 Å². The molecule has 0 aliphatic heterocycles. The van der Waals surface area contributed by atoms with Crippen molar-refractivity contribution < 1.29 is 48.5 Å². The highest BCUT2D eigenvalue weighted by molar-refractivity contribution is 6.36. The van der Waals surface area contributed by atoms with Gasteiger partial charge in [-0.25, -0.2) is 16.3 Å². The molecule has 4 atom stereocenters. The van der Waals surface area contributed by atoms with Gasteiger partial charge in [0, 0.05) is 70.1 Å². The highest BCUT2D eigenvalue weighted by atomic mass is 35.5. The Labute approximate surface area is 769 Å². The first-order valence-corrected chi connectivity index (χ1v) is 41.1. The Morgan fingerprint density at radius 2 is 0.789 bits per heavy atom. The van der Waals surface area contributed by atoms with Gasteiger partial charge in [-0.2, -0.15) is 59.3 Å². The van der Waals surface area contributed by atoms with Crippen LogP contribution < -0.4 is 67.0 Å². The summed E-state index contributed by atoms with van der Waals surface area (Å²) in [6.45, 7) is 18.4. The second-order valence-corrected chi connectivity index (χ2v) is 32.8. The lowest BCUT2D eigenvalue weighted by atomic mass is 9.92. The van der Waals surface area contributed by atoms with E-state index in [-0.39, 0.29) is 136 Å². The van der Waals surface area contributed by atoms with Gasteiger partial charge < -0.3 is 50.7 Å². The Kier molecular flexibility index (Phi) is 35.9. The molecule has 128 heavy (non-hydrogen) atoms. The van der Waals surface area contributed by atoms with Gasteiger partial charge in [-0.1, -0.05) is 196 Å². The molecule has 18 N–H and O–H groups in total. The second-order valence-electron chi connectivity index (χ2n) is 29.9. The van der Waals surface area contributed by atoms with E-state index in [0.717, 1.165) is 35.1 Å². The second kappa shape index (κ2) is 45.2. The van der Waals surface area contributed by atoms with E-state index in [9.17, 15) is 69.2 Å². The third kappa shape index (κ3) is 27.3. The lowest BCUT2D eigenvalue weighted by Gasteiger charge is -2.16. The fourth-order valence-electron chi connectivity index (χ4n) is 11.3. The van der Waals surface area contributed by atoms with Gasteiger partial charge in [0.25, 0.3) is 23.2 Å². The van der Waals surface area contributed by atoms with Crippen molar-refractivity contribution in [2.24, 2.45) is 23.7 Å². The summed E-state index contributed by atoms with van der Waals surface area (Å²) in [5.41, 5.74) is 29.8. The van der Waals surface area contributed by atoms with E-state index in [1.807, 2.05) is 102 Å². The molecular formula is C78H88Cl8N28O14. The summed E-state index contributed by atoms with van der Waals surface area (Å²) in [7, 11) is 0. The van der Waals surface area contributed by atoms with Crippen LogP contribution >= 0.6 is 92.8 Å². The SMILES string of the molecule is CC(C)(C)c1nn(N)c(NC(=O)C(CCl)Cc2ccccc2)c1Cl.CC(C)(C)c1nn(NC(=O)C(CCl)Cc2ccccc2)c(N)c1Cl.Cc1nn(N)c(NC(=O)C2C=CC=C([N+](=O)[O-])C2)c1Cl.Cc1nn(N)c(NC(=O)c2ccc([N+](=O)[O-])cc2)c1Cl.Cc1nn(NC(=O)C2C=CC=C([N+](=O)[O-])C2)c(N)c1Cl.Cc1nn(NC(=O)c2ccc([N+](=O)[O-])cc2)c(N)c1Cl. The topological polar surface area (TPSA) is 610 Å². The molecule has 0 radical (unpaired) electrons. The molecule has 4 unspecified atom stereocenters. The van der Waals surface area contributed by atoms with E-state index >= 15 is 0 Å². The summed E-state index contributed by atoms with van der Waals surface area (Å²) in [6, 6.07) is 29.7. The van der Waals surface area contributed by atoms with E-state index in [2.05, 4.69) is 62.8 Å². The van der Waals surface area contributed by atoms with Crippen molar-refractivity contribution in [1.82, 2.24) is 59.3 Å². The molecular weight excluding hydrogens is 1840 g/mol. The summed E-state index contributed by atoms with van der Waals surface area (Å²) in [6.07, 6.45) is 9.98. The highest BCUT2D eigenvalue weighted by Gasteiger charge is 2.33. The molecule has 2 aliphatic rings. The number of allylic oxidation sites excluding steroid dienone is 6. The van der Waals surface area contributed by atoms with Crippen LogP contribution in [0.4, 0.5) is 46.3 Å². The molecule has 0 spiro atoms. The molecule has 680 valence electrons. The van der Waals surface area contributed by atoms with Crippen LogP contribution in [0.25, 0.3) is 0 Å². The zero-order valence-electron chi connectivity index (χ0n) is 69.8. The summed E-state index contributed by atoms with van der Waals surface area (Å²) in [5.74, 6) is 14.0. The molecule has 50 heteroatoms. The van der Waals surface area contributed by atoms with Gasteiger partial charge in [-0.15, -0.1) is 23.2 Å². The maximum atomic E-state index is 12.6. The van der Waals surface area contributed by atoms with Crippen LogP contribution in [0.15, 0.2) is 157 Å². The van der Waals surface area contributed by atoms with Gasteiger partial charge in [0.1, 0.15) is 30.1 Å². The number of carbonyl (C=O) groups excluding carboxylic acids is 6. The van der Waals surface area contributed by atoms with Crippen molar-refractivity contribution in [3.8, 4) is 0 Å². The summed E-state index contributed by atoms with van der Waals surface area (Å²) < 4.78 is 0. The average Bonchev–Trinajstić information content (AvgIpc) is 1.65. The minimum Gasteiger partial charge on any atom is -0.381 e. The number of non-ortho nitro benzene ring substituents is 2. The van der Waals surface area contributed by atoms with Crippen LogP contribution in [0, 0.1) is 91.8 Å². The number of hydrogen-bond donors (Lipinski definition) is 12. The number of rotatable bonds is 22. The first-order chi connectivity index (χ1) is 60.1.